The van der Waals surface area contributed by atoms with Crippen LogP contribution in [0.2, 0.25) is 0 Å². The fraction of sp³-hybridized carbons (Fsp3) is 0.750. The predicted molar refractivity (Wildman–Crippen MR) is 45.4 cm³/mol. The molecular formula is C8H13N3O2. The average molecular weight is 183 g/mol. The Kier molecular flexibility index (Phi) is 2.86. The second-order valence-corrected chi connectivity index (χ2v) is 3.33. The number of hydrogen-bond acceptors (Lipinski definition) is 4. The van der Waals surface area contributed by atoms with Gasteiger partial charge in [0.15, 0.2) is 5.60 Å². The van der Waals surface area contributed by atoms with Crippen LogP contribution in [0.3, 0.4) is 0 Å². The van der Waals surface area contributed by atoms with Crippen LogP contribution in [0.1, 0.15) is 12.8 Å². The molecule has 1 aliphatic rings. The fourth-order valence-corrected chi connectivity index (χ4v) is 1.47. The van der Waals surface area contributed by atoms with Gasteiger partial charge in [0.1, 0.15) is 0 Å². The first-order valence-electron chi connectivity index (χ1n) is 4.20. The van der Waals surface area contributed by atoms with Gasteiger partial charge in [-0.15, -0.1) is 0 Å². The molecule has 0 aromatic carbocycles. The van der Waals surface area contributed by atoms with Crippen LogP contribution in [-0.4, -0.2) is 41.1 Å². The number of hydrogen-bond donors (Lipinski definition) is 2. The third-order valence-corrected chi connectivity index (χ3v) is 2.33. The zero-order valence-corrected chi connectivity index (χ0v) is 7.36. The first kappa shape index (κ1) is 9.96. The number of nitrogens with two attached hydrogens (primary N) is 1. The van der Waals surface area contributed by atoms with Crippen molar-refractivity contribution in [3.8, 4) is 6.07 Å². The lowest BCUT2D eigenvalue weighted by Crippen LogP contribution is -2.46. The van der Waals surface area contributed by atoms with Gasteiger partial charge >= 0.3 is 0 Å². The van der Waals surface area contributed by atoms with E-state index < -0.39 is 11.5 Å². The number of β-amino-alcohol motifs (C(OH)–C–C–N with tert-alkyl or cyclic N) is 1. The van der Waals surface area contributed by atoms with E-state index in [0.29, 0.717) is 25.9 Å². The first-order chi connectivity index (χ1) is 6.08. The highest BCUT2D eigenvalue weighted by molar-refractivity contribution is 5.83. The summed E-state index contributed by atoms with van der Waals surface area (Å²) in [5.41, 5.74) is 3.66. The van der Waals surface area contributed by atoms with Gasteiger partial charge in [-0.3, -0.25) is 9.69 Å². The Balaban J connectivity index is 2.45. The molecule has 3 N–H and O–H groups in total. The molecule has 1 heterocycles. The lowest BCUT2D eigenvalue weighted by Gasteiger charge is -2.18. The normalized spacial score (nSPS) is 28.6. The summed E-state index contributed by atoms with van der Waals surface area (Å²) in [6.45, 7) is 1.47. The van der Waals surface area contributed by atoms with E-state index in [-0.39, 0.29) is 6.54 Å². The van der Waals surface area contributed by atoms with Crippen molar-refractivity contribution in [2.75, 3.05) is 19.6 Å². The minimum atomic E-state index is -1.38. The van der Waals surface area contributed by atoms with Crippen LogP contribution >= 0.6 is 0 Å². The molecule has 5 nitrogen and oxygen atoms in total. The van der Waals surface area contributed by atoms with Crippen molar-refractivity contribution in [2.24, 2.45) is 5.73 Å². The maximum absolute atomic E-state index is 10.8. The van der Waals surface area contributed by atoms with Crippen LogP contribution in [-0.2, 0) is 4.79 Å². The molecule has 0 radical (unpaired) electrons. The second-order valence-electron chi connectivity index (χ2n) is 3.33. The van der Waals surface area contributed by atoms with Crippen LogP contribution in [0, 0.1) is 11.3 Å². The molecule has 0 aromatic heterocycles. The van der Waals surface area contributed by atoms with Crippen LogP contribution in [0.25, 0.3) is 0 Å². The number of primary amides is 1. The van der Waals surface area contributed by atoms with Crippen molar-refractivity contribution in [3.05, 3.63) is 0 Å². The van der Waals surface area contributed by atoms with Crippen molar-refractivity contribution in [3.63, 3.8) is 0 Å². The number of carbonyl (C=O) groups excluding carboxylic acids is 1. The van der Waals surface area contributed by atoms with E-state index in [1.54, 1.807) is 0 Å². The monoisotopic (exact) mass is 183 g/mol. The molecule has 1 atom stereocenters. The van der Waals surface area contributed by atoms with E-state index in [0.717, 1.165) is 0 Å². The van der Waals surface area contributed by atoms with Gasteiger partial charge in [-0.25, -0.2) is 0 Å². The van der Waals surface area contributed by atoms with Gasteiger partial charge in [0.05, 0.1) is 6.07 Å². The van der Waals surface area contributed by atoms with E-state index in [9.17, 15) is 9.90 Å². The Morgan fingerprint density at radius 3 is 2.92 bits per heavy atom. The smallest absolute Gasteiger partial charge is 0.250 e. The molecule has 1 rings (SSSR count). The minimum absolute atomic E-state index is 0.254. The topological polar surface area (TPSA) is 90.3 Å². The van der Waals surface area contributed by atoms with Crippen molar-refractivity contribution in [2.45, 2.75) is 18.4 Å². The van der Waals surface area contributed by atoms with Crippen LogP contribution in [0.5, 0.6) is 0 Å². The fourth-order valence-electron chi connectivity index (χ4n) is 1.47. The number of likely N-dealkylation sites (tertiary alicyclic amines) is 1. The van der Waals surface area contributed by atoms with E-state index in [1.807, 2.05) is 11.0 Å². The highest BCUT2D eigenvalue weighted by atomic mass is 16.3. The number of amides is 1. The molecule has 0 saturated carbocycles. The molecule has 0 aromatic rings. The molecule has 0 spiro atoms. The predicted octanol–water partition coefficient (Wildman–Crippen LogP) is -1.18. The summed E-state index contributed by atoms with van der Waals surface area (Å²) in [5, 5.41) is 18.0. The van der Waals surface area contributed by atoms with Gasteiger partial charge in [-0.05, 0) is 6.42 Å². The van der Waals surface area contributed by atoms with E-state index >= 15 is 0 Å². The van der Waals surface area contributed by atoms with Crippen molar-refractivity contribution < 1.29 is 9.90 Å². The lowest BCUT2D eigenvalue weighted by atomic mass is 10.0. The summed E-state index contributed by atoms with van der Waals surface area (Å²) >= 11 is 0. The summed E-state index contributed by atoms with van der Waals surface area (Å²) in [5.74, 6) is -0.674. The maximum atomic E-state index is 10.8. The number of rotatable bonds is 3. The number of nitrogens with zero attached hydrogens (tertiary/aromatic N) is 2. The first-order valence-corrected chi connectivity index (χ1v) is 4.20. The summed E-state index contributed by atoms with van der Waals surface area (Å²) in [7, 11) is 0. The third kappa shape index (κ3) is 2.17. The molecule has 1 aliphatic heterocycles. The van der Waals surface area contributed by atoms with E-state index in [4.69, 9.17) is 11.0 Å². The Morgan fingerprint density at radius 2 is 2.46 bits per heavy atom. The quantitative estimate of drug-likeness (QED) is 0.576. The van der Waals surface area contributed by atoms with Gasteiger partial charge < -0.3 is 10.8 Å². The third-order valence-electron chi connectivity index (χ3n) is 2.33. The standard InChI is InChI=1S/C8H13N3O2/c9-3-1-4-11-5-2-8(13,6-11)7(10)12/h13H,1-2,4-6H2,(H2,10,12). The van der Waals surface area contributed by atoms with Crippen LogP contribution in [0.4, 0.5) is 0 Å². The van der Waals surface area contributed by atoms with Gasteiger partial charge in [0.2, 0.25) is 0 Å². The Morgan fingerprint density at radius 1 is 1.77 bits per heavy atom. The molecule has 13 heavy (non-hydrogen) atoms. The summed E-state index contributed by atoms with van der Waals surface area (Å²) < 4.78 is 0. The van der Waals surface area contributed by atoms with Gasteiger partial charge in [0, 0.05) is 26.1 Å². The molecule has 5 heteroatoms. The second kappa shape index (κ2) is 3.73. The largest absolute Gasteiger partial charge is 0.379 e. The van der Waals surface area contributed by atoms with Gasteiger partial charge in [-0.1, -0.05) is 0 Å². The van der Waals surface area contributed by atoms with Crippen molar-refractivity contribution in [1.29, 1.82) is 5.26 Å². The SMILES string of the molecule is N#CCCN1CCC(O)(C(N)=O)C1. The maximum Gasteiger partial charge on any atom is 0.250 e. The zero-order chi connectivity index (χ0) is 9.90. The molecule has 1 saturated heterocycles. The van der Waals surface area contributed by atoms with Crippen molar-refractivity contribution >= 4 is 5.91 Å². The Bertz CT molecular complexity index is 248. The molecular weight excluding hydrogens is 170 g/mol. The van der Waals surface area contributed by atoms with Crippen molar-refractivity contribution in [1.82, 2.24) is 4.90 Å². The summed E-state index contributed by atoms with van der Waals surface area (Å²) in [6, 6.07) is 2.01. The zero-order valence-electron chi connectivity index (χ0n) is 7.36. The van der Waals surface area contributed by atoms with Gasteiger partial charge in [0.25, 0.3) is 5.91 Å². The molecule has 1 fully saturated rings. The average Bonchev–Trinajstić information content (AvgIpc) is 2.45. The highest BCUT2D eigenvalue weighted by Gasteiger charge is 2.40. The number of nitriles is 1. The summed E-state index contributed by atoms with van der Waals surface area (Å²) in [6.07, 6.45) is 0.780. The van der Waals surface area contributed by atoms with Crippen LogP contribution in [0.15, 0.2) is 0 Å². The molecule has 0 bridgehead atoms. The van der Waals surface area contributed by atoms with Gasteiger partial charge in [-0.2, -0.15) is 5.26 Å². The lowest BCUT2D eigenvalue weighted by molar-refractivity contribution is -0.134. The van der Waals surface area contributed by atoms with E-state index in [1.165, 1.54) is 0 Å². The molecule has 0 aliphatic carbocycles. The summed E-state index contributed by atoms with van der Waals surface area (Å²) in [4.78, 5) is 12.7. The number of carbonyl (C=O) groups is 1. The Hall–Kier alpha value is -1.12. The molecule has 72 valence electrons. The minimum Gasteiger partial charge on any atom is -0.379 e. The Labute approximate surface area is 76.7 Å². The molecule has 1 unspecified atom stereocenters. The number of aliphatic hydroxyl groups is 1. The van der Waals surface area contributed by atoms with Crippen LogP contribution < -0.4 is 5.73 Å². The van der Waals surface area contributed by atoms with E-state index in [2.05, 4.69) is 0 Å². The molecule has 1 amide bonds. The highest BCUT2D eigenvalue weighted by Crippen LogP contribution is 2.20.